The monoisotopic (exact) mass is 384 g/mol. The first-order valence-corrected chi connectivity index (χ1v) is 9.97. The molecule has 6 heteroatoms. The van der Waals surface area contributed by atoms with Crippen LogP contribution in [0.4, 0.5) is 0 Å². The number of hydrogen-bond acceptors (Lipinski definition) is 5. The molecule has 1 aliphatic rings. The van der Waals surface area contributed by atoms with E-state index in [0.29, 0.717) is 24.3 Å². The first kappa shape index (κ1) is 20.1. The van der Waals surface area contributed by atoms with Crippen molar-refractivity contribution in [3.8, 4) is 5.75 Å². The highest BCUT2D eigenvalue weighted by Crippen LogP contribution is 2.24. The zero-order valence-electron chi connectivity index (χ0n) is 16.4. The number of piperidine rings is 1. The summed E-state index contributed by atoms with van der Waals surface area (Å²) in [6, 6.07) is 10.8. The predicted octanol–water partition coefficient (Wildman–Crippen LogP) is 3.59. The highest BCUT2D eigenvalue weighted by atomic mass is 16.5. The molecule has 1 fully saturated rings. The van der Waals surface area contributed by atoms with Crippen molar-refractivity contribution in [2.24, 2.45) is 0 Å². The second-order valence-corrected chi connectivity index (χ2v) is 7.02. The molecule has 1 amide bonds. The molecule has 3 rings (SSSR count). The molecule has 1 aliphatic heterocycles. The number of likely N-dealkylation sites (tertiary alicyclic amines) is 1. The summed E-state index contributed by atoms with van der Waals surface area (Å²) in [5, 5.41) is 2.96. The van der Waals surface area contributed by atoms with Crippen LogP contribution in [0.15, 0.2) is 47.1 Å². The van der Waals surface area contributed by atoms with Crippen molar-refractivity contribution in [2.75, 3.05) is 26.2 Å². The van der Waals surface area contributed by atoms with Crippen molar-refractivity contribution in [2.45, 2.75) is 38.6 Å². The summed E-state index contributed by atoms with van der Waals surface area (Å²) in [7, 11) is 0. The molecule has 150 valence electrons. The number of benzene rings is 1. The molecule has 0 spiro atoms. The zero-order chi connectivity index (χ0) is 19.8. The van der Waals surface area contributed by atoms with E-state index >= 15 is 0 Å². The van der Waals surface area contributed by atoms with Gasteiger partial charge >= 0.3 is 0 Å². The quantitative estimate of drug-likeness (QED) is 0.669. The van der Waals surface area contributed by atoms with Crippen molar-refractivity contribution in [3.63, 3.8) is 0 Å². The van der Waals surface area contributed by atoms with Crippen LogP contribution in [0.2, 0.25) is 0 Å². The molecule has 0 saturated carbocycles. The van der Waals surface area contributed by atoms with Crippen LogP contribution in [-0.4, -0.2) is 42.8 Å². The summed E-state index contributed by atoms with van der Waals surface area (Å²) >= 11 is 0. The summed E-state index contributed by atoms with van der Waals surface area (Å²) in [5.74, 6) is 1.36. The molecule has 1 saturated heterocycles. The molecule has 2 heterocycles. The van der Waals surface area contributed by atoms with Crippen molar-refractivity contribution >= 4 is 11.7 Å². The molecule has 1 aromatic heterocycles. The summed E-state index contributed by atoms with van der Waals surface area (Å²) in [6.45, 7) is 4.28. The van der Waals surface area contributed by atoms with E-state index in [9.17, 15) is 9.59 Å². The molecule has 6 nitrogen and oxygen atoms in total. The number of hydrogen-bond donors (Lipinski definition) is 1. The fourth-order valence-corrected chi connectivity index (χ4v) is 3.47. The number of nitrogens with one attached hydrogen (secondary N) is 1. The van der Waals surface area contributed by atoms with Crippen LogP contribution in [0.25, 0.3) is 0 Å². The number of rotatable bonds is 9. The average Bonchev–Trinajstić information content (AvgIpc) is 3.27. The van der Waals surface area contributed by atoms with E-state index in [0.717, 1.165) is 18.8 Å². The maximum absolute atomic E-state index is 12.3. The molecule has 1 N–H and O–H groups in total. The molecule has 0 bridgehead atoms. The van der Waals surface area contributed by atoms with Crippen LogP contribution in [0, 0.1) is 0 Å². The van der Waals surface area contributed by atoms with Crippen LogP contribution >= 0.6 is 0 Å². The third-order valence-electron chi connectivity index (χ3n) is 5.06. The highest BCUT2D eigenvalue weighted by Gasteiger charge is 2.24. The van der Waals surface area contributed by atoms with Gasteiger partial charge in [0.1, 0.15) is 11.5 Å². The lowest BCUT2D eigenvalue weighted by molar-refractivity contribution is -0.123. The Morgan fingerprint density at radius 3 is 2.54 bits per heavy atom. The van der Waals surface area contributed by atoms with Crippen LogP contribution < -0.4 is 10.1 Å². The Hall–Kier alpha value is -2.60. The molecule has 1 aromatic carbocycles. The lowest BCUT2D eigenvalue weighted by Crippen LogP contribution is -2.41. The maximum Gasteiger partial charge on any atom is 0.258 e. The van der Waals surface area contributed by atoms with Gasteiger partial charge in [-0.25, -0.2) is 0 Å². The summed E-state index contributed by atoms with van der Waals surface area (Å²) in [5.41, 5.74) is 0.655. The van der Waals surface area contributed by atoms with Gasteiger partial charge in [0.15, 0.2) is 12.4 Å². The van der Waals surface area contributed by atoms with Gasteiger partial charge < -0.3 is 14.5 Å². The van der Waals surface area contributed by atoms with Gasteiger partial charge in [0.25, 0.3) is 5.91 Å². The van der Waals surface area contributed by atoms with E-state index in [2.05, 4.69) is 10.2 Å². The Morgan fingerprint density at radius 2 is 1.89 bits per heavy atom. The molecular weight excluding hydrogens is 356 g/mol. The van der Waals surface area contributed by atoms with Gasteiger partial charge in [0.05, 0.1) is 12.3 Å². The van der Waals surface area contributed by atoms with Crippen LogP contribution in [-0.2, 0) is 4.79 Å². The number of furan rings is 1. The minimum Gasteiger partial charge on any atom is -0.484 e. The van der Waals surface area contributed by atoms with Gasteiger partial charge in [-0.1, -0.05) is 13.3 Å². The van der Waals surface area contributed by atoms with Crippen LogP contribution in [0.1, 0.15) is 54.8 Å². The number of Topliss-reactive ketones (excluding diaryl/α,β-unsaturated/α-hetero) is 1. The first-order valence-electron chi connectivity index (χ1n) is 9.97. The minimum atomic E-state index is -0.178. The summed E-state index contributed by atoms with van der Waals surface area (Å²) < 4.78 is 11.1. The van der Waals surface area contributed by atoms with Crippen molar-refractivity contribution in [1.29, 1.82) is 0 Å². The Labute approximate surface area is 165 Å². The second-order valence-electron chi connectivity index (χ2n) is 7.02. The molecule has 2 aromatic rings. The number of amides is 1. The second kappa shape index (κ2) is 10.1. The Morgan fingerprint density at radius 1 is 1.14 bits per heavy atom. The fourth-order valence-electron chi connectivity index (χ4n) is 3.47. The number of ether oxygens (including phenoxy) is 1. The number of carbonyl (C=O) groups is 2. The summed E-state index contributed by atoms with van der Waals surface area (Å²) in [6.07, 6.45) is 5.74. The standard InChI is InChI=1S/C22H28N2O4/c1-2-20(25)17-8-10-18(11-9-17)28-16-22(26)23-15-19(21-7-6-14-27-21)24-12-4-3-5-13-24/h6-11,14,19H,2-5,12-13,15-16H2,1H3,(H,23,26). The van der Waals surface area contributed by atoms with E-state index in [1.54, 1.807) is 30.5 Å². The van der Waals surface area contributed by atoms with Gasteiger partial charge in [-0.3, -0.25) is 14.5 Å². The van der Waals surface area contributed by atoms with E-state index in [1.165, 1.54) is 19.3 Å². The van der Waals surface area contributed by atoms with Crippen molar-refractivity contribution < 1.29 is 18.7 Å². The topological polar surface area (TPSA) is 71.8 Å². The van der Waals surface area contributed by atoms with Gasteiger partial charge in [0.2, 0.25) is 0 Å². The molecule has 1 unspecified atom stereocenters. The lowest BCUT2D eigenvalue weighted by atomic mass is 10.1. The van der Waals surface area contributed by atoms with Gasteiger partial charge in [-0.05, 0) is 62.3 Å². The Balaban J connectivity index is 1.50. The molecule has 0 radical (unpaired) electrons. The Bertz CT molecular complexity index is 749. The van der Waals surface area contributed by atoms with Gasteiger partial charge in [-0.15, -0.1) is 0 Å². The number of ketones is 1. The lowest BCUT2D eigenvalue weighted by Gasteiger charge is -2.33. The minimum absolute atomic E-state index is 0.0404. The number of nitrogens with zero attached hydrogens (tertiary/aromatic N) is 1. The molecule has 28 heavy (non-hydrogen) atoms. The van der Waals surface area contributed by atoms with E-state index in [4.69, 9.17) is 9.15 Å². The SMILES string of the molecule is CCC(=O)c1ccc(OCC(=O)NCC(c2ccco2)N2CCCCC2)cc1. The highest BCUT2D eigenvalue weighted by molar-refractivity contribution is 5.95. The van der Waals surface area contributed by atoms with Gasteiger partial charge in [0, 0.05) is 18.5 Å². The van der Waals surface area contributed by atoms with Crippen molar-refractivity contribution in [3.05, 3.63) is 54.0 Å². The van der Waals surface area contributed by atoms with E-state index < -0.39 is 0 Å². The molecular formula is C22H28N2O4. The maximum atomic E-state index is 12.3. The fraction of sp³-hybridized carbons (Fsp3) is 0.455. The Kier molecular flexibility index (Phi) is 7.25. The van der Waals surface area contributed by atoms with E-state index in [1.807, 2.05) is 19.1 Å². The van der Waals surface area contributed by atoms with Crippen LogP contribution in [0.5, 0.6) is 5.75 Å². The van der Waals surface area contributed by atoms with Crippen LogP contribution in [0.3, 0.4) is 0 Å². The molecule has 1 atom stereocenters. The normalized spacial score (nSPS) is 15.8. The average molecular weight is 384 g/mol. The third kappa shape index (κ3) is 5.45. The van der Waals surface area contributed by atoms with E-state index in [-0.39, 0.29) is 24.3 Å². The largest absolute Gasteiger partial charge is 0.484 e. The third-order valence-corrected chi connectivity index (χ3v) is 5.06. The first-order chi connectivity index (χ1) is 13.7. The van der Waals surface area contributed by atoms with Crippen molar-refractivity contribution in [1.82, 2.24) is 10.2 Å². The molecule has 0 aliphatic carbocycles. The zero-order valence-corrected chi connectivity index (χ0v) is 16.4. The number of carbonyl (C=O) groups excluding carboxylic acids is 2. The van der Waals surface area contributed by atoms with Gasteiger partial charge in [-0.2, -0.15) is 0 Å². The smallest absolute Gasteiger partial charge is 0.258 e. The summed E-state index contributed by atoms with van der Waals surface area (Å²) in [4.78, 5) is 26.3. The predicted molar refractivity (Wildman–Crippen MR) is 106 cm³/mol.